The Bertz CT molecular complexity index is 1480. The van der Waals surface area contributed by atoms with E-state index in [1.165, 1.54) is 49.6 Å². The van der Waals surface area contributed by atoms with Crippen LogP contribution >= 0.6 is 46.4 Å². The van der Waals surface area contributed by atoms with Gasteiger partial charge in [-0.2, -0.15) is 0 Å². The number of halogens is 4. The first-order valence-corrected chi connectivity index (χ1v) is 12.3. The number of imide groups is 2. The standard InChI is InChI=1S/C26H16Cl4N2O6/c1-37-25(35)14-3-6-17(7-4-14)32-24(34)18(23(33)31-26(32)36)8-13-9-20(29)22(21(30)10-13)38-12-15-2-5-16(27)11-19(15)28/h2-11H,12H2,1H3,(H,31,33,36)/b18-8+. The van der Waals surface area contributed by atoms with Crippen LogP contribution in [0.4, 0.5) is 10.5 Å². The first kappa shape index (κ1) is 27.5. The molecule has 0 spiro atoms. The van der Waals surface area contributed by atoms with Crippen LogP contribution in [-0.4, -0.2) is 30.9 Å². The van der Waals surface area contributed by atoms with Gasteiger partial charge in [0.2, 0.25) is 0 Å². The molecule has 0 aromatic heterocycles. The van der Waals surface area contributed by atoms with E-state index < -0.39 is 23.8 Å². The van der Waals surface area contributed by atoms with Crippen LogP contribution in [0.25, 0.3) is 6.08 Å². The van der Waals surface area contributed by atoms with Gasteiger partial charge < -0.3 is 9.47 Å². The van der Waals surface area contributed by atoms with Crippen LogP contribution in [0.15, 0.2) is 60.2 Å². The van der Waals surface area contributed by atoms with Crippen molar-refractivity contribution in [3.63, 3.8) is 0 Å². The van der Waals surface area contributed by atoms with Gasteiger partial charge in [-0.1, -0.05) is 52.5 Å². The molecule has 1 aliphatic rings. The number of benzene rings is 3. The molecule has 0 aliphatic carbocycles. The Morgan fingerprint density at radius 1 is 0.921 bits per heavy atom. The third kappa shape index (κ3) is 5.79. The molecule has 12 heteroatoms. The molecule has 38 heavy (non-hydrogen) atoms. The van der Waals surface area contributed by atoms with E-state index in [1.807, 2.05) is 0 Å². The summed E-state index contributed by atoms with van der Waals surface area (Å²) in [6, 6.07) is 12.4. The van der Waals surface area contributed by atoms with E-state index in [2.05, 4.69) is 10.1 Å². The number of rotatable bonds is 6. The lowest BCUT2D eigenvalue weighted by Crippen LogP contribution is -2.54. The summed E-state index contributed by atoms with van der Waals surface area (Å²) in [5, 5.41) is 3.24. The molecule has 0 atom stereocenters. The van der Waals surface area contributed by atoms with Gasteiger partial charge in [0.05, 0.1) is 28.4 Å². The zero-order valence-electron chi connectivity index (χ0n) is 19.4. The van der Waals surface area contributed by atoms with E-state index >= 15 is 0 Å². The summed E-state index contributed by atoms with van der Waals surface area (Å²) in [6.45, 7) is 0.0581. The summed E-state index contributed by atoms with van der Waals surface area (Å²) in [4.78, 5) is 50.5. The zero-order valence-corrected chi connectivity index (χ0v) is 22.4. The van der Waals surface area contributed by atoms with Crippen molar-refractivity contribution in [3.8, 4) is 5.75 Å². The van der Waals surface area contributed by atoms with Crippen LogP contribution in [0.5, 0.6) is 5.75 Å². The van der Waals surface area contributed by atoms with Gasteiger partial charge in [-0.05, 0) is 60.2 Å². The maximum Gasteiger partial charge on any atom is 0.337 e. The SMILES string of the molecule is COC(=O)c1ccc(N2C(=O)NC(=O)/C(=C\c3cc(Cl)c(OCc4ccc(Cl)cc4Cl)c(Cl)c3)C2=O)cc1. The third-order valence-corrected chi connectivity index (χ3v) is 6.52. The lowest BCUT2D eigenvalue weighted by atomic mass is 10.1. The van der Waals surface area contributed by atoms with Crippen molar-refractivity contribution in [1.82, 2.24) is 5.32 Å². The average Bonchev–Trinajstić information content (AvgIpc) is 2.87. The Morgan fingerprint density at radius 2 is 1.58 bits per heavy atom. The molecule has 4 amide bonds. The molecular weight excluding hydrogens is 578 g/mol. The summed E-state index contributed by atoms with van der Waals surface area (Å²) >= 11 is 24.8. The molecule has 0 unspecified atom stereocenters. The molecule has 1 saturated heterocycles. The number of barbiturate groups is 1. The normalized spacial score (nSPS) is 14.5. The van der Waals surface area contributed by atoms with Gasteiger partial charge in [0, 0.05) is 15.6 Å². The fraction of sp³-hybridized carbons (Fsp3) is 0.0769. The van der Waals surface area contributed by atoms with Gasteiger partial charge in [0.25, 0.3) is 11.8 Å². The Morgan fingerprint density at radius 3 is 2.18 bits per heavy atom. The molecule has 0 saturated carbocycles. The summed E-state index contributed by atoms with van der Waals surface area (Å²) < 4.78 is 10.4. The first-order chi connectivity index (χ1) is 18.1. The molecule has 1 N–H and O–H groups in total. The molecule has 1 aliphatic heterocycles. The molecular formula is C26H16Cl4N2O6. The topological polar surface area (TPSA) is 102 Å². The van der Waals surface area contributed by atoms with E-state index in [1.54, 1.807) is 18.2 Å². The number of nitrogens with one attached hydrogen (secondary N) is 1. The predicted octanol–water partition coefficient (Wildman–Crippen LogP) is 6.33. The number of hydrogen-bond acceptors (Lipinski definition) is 6. The minimum absolute atomic E-state index is 0.0581. The van der Waals surface area contributed by atoms with Crippen molar-refractivity contribution in [2.45, 2.75) is 6.61 Å². The predicted molar refractivity (Wildman–Crippen MR) is 144 cm³/mol. The highest BCUT2D eigenvalue weighted by Gasteiger charge is 2.37. The summed E-state index contributed by atoms with van der Waals surface area (Å²) in [5.41, 5.74) is 0.987. The van der Waals surface area contributed by atoms with Crippen molar-refractivity contribution in [2.75, 3.05) is 12.0 Å². The number of amides is 4. The van der Waals surface area contributed by atoms with Gasteiger partial charge in [0.1, 0.15) is 12.2 Å². The van der Waals surface area contributed by atoms with Crippen molar-refractivity contribution >= 4 is 82.0 Å². The number of hydrogen-bond donors (Lipinski definition) is 1. The van der Waals surface area contributed by atoms with Crippen LogP contribution in [0.3, 0.4) is 0 Å². The maximum absolute atomic E-state index is 13.1. The highest BCUT2D eigenvalue weighted by atomic mass is 35.5. The van der Waals surface area contributed by atoms with Crippen LogP contribution in [0.2, 0.25) is 20.1 Å². The fourth-order valence-corrected chi connectivity index (χ4v) is 4.59. The Hall–Kier alpha value is -3.56. The molecule has 1 heterocycles. The first-order valence-electron chi connectivity index (χ1n) is 10.7. The van der Waals surface area contributed by atoms with Crippen LogP contribution in [0.1, 0.15) is 21.5 Å². The molecule has 3 aromatic rings. The minimum Gasteiger partial charge on any atom is -0.486 e. The second-order valence-corrected chi connectivity index (χ2v) is 9.49. The molecule has 8 nitrogen and oxygen atoms in total. The van der Waals surface area contributed by atoms with E-state index in [-0.39, 0.29) is 39.2 Å². The van der Waals surface area contributed by atoms with Crippen molar-refractivity contribution in [3.05, 3.63) is 97.0 Å². The number of methoxy groups -OCH3 is 1. The summed E-state index contributed by atoms with van der Waals surface area (Å²) in [7, 11) is 1.23. The Labute approximate surface area is 236 Å². The second kappa shape index (κ2) is 11.4. The smallest absolute Gasteiger partial charge is 0.337 e. The van der Waals surface area contributed by atoms with Crippen molar-refractivity contribution in [2.24, 2.45) is 0 Å². The molecule has 194 valence electrons. The largest absolute Gasteiger partial charge is 0.486 e. The number of carbonyl (C=O) groups is 4. The van der Waals surface area contributed by atoms with Crippen molar-refractivity contribution < 1.29 is 28.7 Å². The monoisotopic (exact) mass is 592 g/mol. The lowest BCUT2D eigenvalue weighted by Gasteiger charge is -2.26. The van der Waals surface area contributed by atoms with Gasteiger partial charge in [-0.25, -0.2) is 14.5 Å². The number of anilines is 1. The van der Waals surface area contributed by atoms with Gasteiger partial charge in [-0.3, -0.25) is 14.9 Å². The Balaban J connectivity index is 1.59. The number of urea groups is 1. The quantitative estimate of drug-likeness (QED) is 0.203. The van der Waals surface area contributed by atoms with Gasteiger partial charge in [0.15, 0.2) is 5.75 Å². The van der Waals surface area contributed by atoms with E-state index in [0.29, 0.717) is 21.2 Å². The van der Waals surface area contributed by atoms with Crippen LogP contribution in [-0.2, 0) is 20.9 Å². The number of carbonyl (C=O) groups excluding carboxylic acids is 4. The third-order valence-electron chi connectivity index (χ3n) is 5.37. The molecule has 1 fully saturated rings. The summed E-state index contributed by atoms with van der Waals surface area (Å²) in [5.74, 6) is -2.19. The number of esters is 1. The second-order valence-electron chi connectivity index (χ2n) is 7.83. The van der Waals surface area contributed by atoms with Crippen molar-refractivity contribution in [1.29, 1.82) is 0 Å². The number of ether oxygens (including phenoxy) is 2. The van der Waals surface area contributed by atoms with E-state index in [4.69, 9.17) is 51.1 Å². The molecule has 0 bridgehead atoms. The van der Waals surface area contributed by atoms with Crippen LogP contribution < -0.4 is 15.0 Å². The highest BCUT2D eigenvalue weighted by Crippen LogP contribution is 2.36. The minimum atomic E-state index is -0.941. The maximum atomic E-state index is 13.1. The average molecular weight is 594 g/mol. The summed E-state index contributed by atoms with van der Waals surface area (Å²) in [6.07, 6.45) is 1.25. The molecule has 0 radical (unpaired) electrons. The van der Waals surface area contributed by atoms with Crippen LogP contribution in [0, 0.1) is 0 Å². The number of nitrogens with zero attached hydrogens (tertiary/aromatic N) is 1. The van der Waals surface area contributed by atoms with Gasteiger partial charge in [-0.15, -0.1) is 0 Å². The highest BCUT2D eigenvalue weighted by molar-refractivity contribution is 6.40. The van der Waals surface area contributed by atoms with Gasteiger partial charge >= 0.3 is 12.0 Å². The Kier molecular flexibility index (Phi) is 8.28. The lowest BCUT2D eigenvalue weighted by molar-refractivity contribution is -0.122. The van der Waals surface area contributed by atoms with E-state index in [0.717, 1.165) is 4.90 Å². The zero-order chi connectivity index (χ0) is 27.6. The molecule has 4 rings (SSSR count). The fourth-order valence-electron chi connectivity index (χ4n) is 3.51. The van der Waals surface area contributed by atoms with E-state index in [9.17, 15) is 19.2 Å². The molecule has 3 aromatic carbocycles.